The van der Waals surface area contributed by atoms with Crippen LogP contribution in [0.25, 0.3) is 10.9 Å². The van der Waals surface area contributed by atoms with E-state index in [4.69, 9.17) is 14.2 Å². The van der Waals surface area contributed by atoms with E-state index in [1.54, 1.807) is 14.2 Å². The summed E-state index contributed by atoms with van der Waals surface area (Å²) in [5.41, 5.74) is 4.30. The second kappa shape index (κ2) is 11.6. The van der Waals surface area contributed by atoms with Gasteiger partial charge in [0.05, 0.1) is 13.7 Å². The standard InChI is InChI=1S/C29H32N2O4/c1-31-19-25(23-11-7-8-12-26(23)31)24(18-29(32)30-15-16-33-2)22-13-14-27(28(17-22)34-3)35-20-21-9-5-4-6-10-21/h4-14,17,19,24H,15-16,18,20H2,1-3H3,(H,30,32)/t24-/m1/s1. The number of nitrogens with zero attached hydrogens (tertiary/aromatic N) is 1. The van der Waals surface area contributed by atoms with E-state index >= 15 is 0 Å². The molecule has 6 heteroatoms. The molecule has 1 heterocycles. The molecule has 0 aliphatic carbocycles. The van der Waals surface area contributed by atoms with Crippen LogP contribution < -0.4 is 14.8 Å². The molecular weight excluding hydrogens is 440 g/mol. The largest absolute Gasteiger partial charge is 0.493 e. The second-order valence-electron chi connectivity index (χ2n) is 8.50. The number of amides is 1. The van der Waals surface area contributed by atoms with Crippen LogP contribution in [0.15, 0.2) is 79.0 Å². The van der Waals surface area contributed by atoms with Gasteiger partial charge in [-0.2, -0.15) is 0 Å². The number of aromatic nitrogens is 1. The first-order valence-electron chi connectivity index (χ1n) is 11.7. The van der Waals surface area contributed by atoms with E-state index in [2.05, 4.69) is 28.2 Å². The highest BCUT2D eigenvalue weighted by molar-refractivity contribution is 5.86. The Kier molecular flexibility index (Phi) is 8.06. The maximum absolute atomic E-state index is 12.9. The molecule has 1 N–H and O–H groups in total. The van der Waals surface area contributed by atoms with Gasteiger partial charge >= 0.3 is 0 Å². The minimum Gasteiger partial charge on any atom is -0.493 e. The minimum absolute atomic E-state index is 0.0247. The lowest BCUT2D eigenvalue weighted by Gasteiger charge is -2.19. The number of para-hydroxylation sites is 1. The van der Waals surface area contributed by atoms with Crippen molar-refractivity contribution in [3.63, 3.8) is 0 Å². The van der Waals surface area contributed by atoms with Crippen molar-refractivity contribution in [1.82, 2.24) is 9.88 Å². The predicted octanol–water partition coefficient (Wildman–Crippen LogP) is 5.05. The topological polar surface area (TPSA) is 61.7 Å². The SMILES string of the molecule is COCCNC(=O)C[C@H](c1ccc(OCc2ccccc2)c(OC)c1)c1cn(C)c2ccccc12. The molecule has 3 aromatic carbocycles. The number of aryl methyl sites for hydroxylation is 1. The van der Waals surface area contributed by atoms with Crippen LogP contribution in [0.5, 0.6) is 11.5 Å². The number of nitrogens with one attached hydrogen (secondary N) is 1. The van der Waals surface area contributed by atoms with Gasteiger partial charge in [-0.3, -0.25) is 4.79 Å². The van der Waals surface area contributed by atoms with Gasteiger partial charge in [0.25, 0.3) is 0 Å². The van der Waals surface area contributed by atoms with Gasteiger partial charge in [-0.1, -0.05) is 54.6 Å². The second-order valence-corrected chi connectivity index (χ2v) is 8.50. The number of benzene rings is 3. The van der Waals surface area contributed by atoms with E-state index in [-0.39, 0.29) is 11.8 Å². The third-order valence-corrected chi connectivity index (χ3v) is 6.15. The third-order valence-electron chi connectivity index (χ3n) is 6.15. The van der Waals surface area contributed by atoms with Gasteiger partial charge < -0.3 is 24.1 Å². The number of hydrogen-bond donors (Lipinski definition) is 1. The molecule has 1 amide bonds. The molecular formula is C29H32N2O4. The Morgan fingerprint density at radius 1 is 0.971 bits per heavy atom. The summed E-state index contributed by atoms with van der Waals surface area (Å²) < 4.78 is 18.9. The normalized spacial score (nSPS) is 11.9. The van der Waals surface area contributed by atoms with Crippen LogP contribution in [0.3, 0.4) is 0 Å². The Morgan fingerprint density at radius 3 is 2.51 bits per heavy atom. The minimum atomic E-state index is -0.152. The quantitative estimate of drug-likeness (QED) is 0.310. The molecule has 0 radical (unpaired) electrons. The van der Waals surface area contributed by atoms with E-state index in [0.717, 1.165) is 27.6 Å². The fourth-order valence-corrected chi connectivity index (χ4v) is 4.36. The lowest BCUT2D eigenvalue weighted by atomic mass is 9.87. The fraction of sp³-hybridized carbons (Fsp3) is 0.276. The third kappa shape index (κ3) is 5.84. The Balaban J connectivity index is 1.66. The summed E-state index contributed by atoms with van der Waals surface area (Å²) in [5, 5.41) is 4.09. The van der Waals surface area contributed by atoms with Crippen molar-refractivity contribution in [2.24, 2.45) is 7.05 Å². The molecule has 6 nitrogen and oxygen atoms in total. The highest BCUT2D eigenvalue weighted by Crippen LogP contribution is 2.38. The van der Waals surface area contributed by atoms with E-state index in [0.29, 0.717) is 37.7 Å². The summed E-state index contributed by atoms with van der Waals surface area (Å²) in [7, 11) is 5.29. The molecule has 0 saturated heterocycles. The molecule has 1 aromatic heterocycles. The predicted molar refractivity (Wildman–Crippen MR) is 138 cm³/mol. The molecule has 0 saturated carbocycles. The van der Waals surface area contributed by atoms with Gasteiger partial charge in [-0.15, -0.1) is 0 Å². The molecule has 4 aromatic rings. The average Bonchev–Trinajstić information content (AvgIpc) is 3.23. The van der Waals surface area contributed by atoms with Crippen molar-refractivity contribution in [1.29, 1.82) is 0 Å². The first kappa shape index (κ1) is 24.4. The summed E-state index contributed by atoms with van der Waals surface area (Å²) in [4.78, 5) is 12.9. The van der Waals surface area contributed by atoms with Crippen LogP contribution in [0, 0.1) is 0 Å². The molecule has 0 spiro atoms. The Morgan fingerprint density at radius 2 is 1.74 bits per heavy atom. The Labute approximate surface area is 206 Å². The molecule has 0 unspecified atom stereocenters. The van der Waals surface area contributed by atoms with Crippen molar-refractivity contribution in [3.8, 4) is 11.5 Å². The van der Waals surface area contributed by atoms with E-state index < -0.39 is 0 Å². The molecule has 182 valence electrons. The van der Waals surface area contributed by atoms with Crippen LogP contribution in [0.2, 0.25) is 0 Å². The molecule has 0 fully saturated rings. The fourth-order valence-electron chi connectivity index (χ4n) is 4.36. The molecule has 4 rings (SSSR count). The number of fused-ring (bicyclic) bond motifs is 1. The Hall–Kier alpha value is -3.77. The first-order valence-corrected chi connectivity index (χ1v) is 11.7. The highest BCUT2D eigenvalue weighted by atomic mass is 16.5. The lowest BCUT2D eigenvalue weighted by Crippen LogP contribution is -2.28. The number of hydrogen-bond acceptors (Lipinski definition) is 4. The lowest BCUT2D eigenvalue weighted by molar-refractivity contribution is -0.121. The van der Waals surface area contributed by atoms with Gasteiger partial charge in [0.15, 0.2) is 11.5 Å². The van der Waals surface area contributed by atoms with Crippen LogP contribution in [-0.2, 0) is 23.2 Å². The smallest absolute Gasteiger partial charge is 0.221 e. The molecule has 35 heavy (non-hydrogen) atoms. The van der Waals surface area contributed by atoms with Crippen LogP contribution >= 0.6 is 0 Å². The molecule has 1 atom stereocenters. The van der Waals surface area contributed by atoms with Crippen molar-refractivity contribution in [3.05, 3.63) is 95.7 Å². The zero-order chi connectivity index (χ0) is 24.6. The number of methoxy groups -OCH3 is 2. The van der Waals surface area contributed by atoms with Gasteiger partial charge in [-0.05, 0) is 34.9 Å². The molecule has 0 bridgehead atoms. The van der Waals surface area contributed by atoms with Gasteiger partial charge in [-0.25, -0.2) is 0 Å². The van der Waals surface area contributed by atoms with Gasteiger partial charge in [0.2, 0.25) is 5.91 Å². The number of carbonyl (C=O) groups is 1. The van der Waals surface area contributed by atoms with Crippen molar-refractivity contribution >= 4 is 16.8 Å². The maximum Gasteiger partial charge on any atom is 0.221 e. The van der Waals surface area contributed by atoms with Crippen molar-refractivity contribution < 1.29 is 19.0 Å². The molecule has 0 aliphatic heterocycles. The highest BCUT2D eigenvalue weighted by Gasteiger charge is 2.23. The van der Waals surface area contributed by atoms with E-state index in [1.165, 1.54) is 0 Å². The van der Waals surface area contributed by atoms with Crippen LogP contribution in [-0.4, -0.2) is 37.8 Å². The first-order chi connectivity index (χ1) is 17.1. The number of rotatable bonds is 11. The number of ether oxygens (including phenoxy) is 3. The van der Waals surface area contributed by atoms with E-state index in [9.17, 15) is 4.79 Å². The summed E-state index contributed by atoms with van der Waals surface area (Å²) >= 11 is 0. The summed E-state index contributed by atoms with van der Waals surface area (Å²) in [6.45, 7) is 1.41. The van der Waals surface area contributed by atoms with Crippen LogP contribution in [0.4, 0.5) is 0 Å². The van der Waals surface area contributed by atoms with Crippen molar-refractivity contribution in [2.75, 3.05) is 27.4 Å². The summed E-state index contributed by atoms with van der Waals surface area (Å²) in [6.07, 6.45) is 2.43. The Bertz CT molecular complexity index is 1270. The van der Waals surface area contributed by atoms with E-state index in [1.807, 2.05) is 67.7 Å². The van der Waals surface area contributed by atoms with Crippen molar-refractivity contribution in [2.45, 2.75) is 18.9 Å². The maximum atomic E-state index is 12.9. The summed E-state index contributed by atoms with van der Waals surface area (Å²) in [5.74, 6) is 1.13. The molecule has 0 aliphatic rings. The monoisotopic (exact) mass is 472 g/mol. The van der Waals surface area contributed by atoms with Gasteiger partial charge in [0.1, 0.15) is 6.61 Å². The zero-order valence-electron chi connectivity index (χ0n) is 20.5. The average molecular weight is 473 g/mol. The zero-order valence-corrected chi connectivity index (χ0v) is 20.5. The summed E-state index contributed by atoms with van der Waals surface area (Å²) in [6, 6.07) is 24.2. The van der Waals surface area contributed by atoms with Crippen LogP contribution in [0.1, 0.15) is 29.0 Å². The number of carbonyl (C=O) groups excluding carboxylic acids is 1. The van der Waals surface area contributed by atoms with Gasteiger partial charge in [0, 0.05) is 50.1 Å².